The monoisotopic (exact) mass is 270 g/mol. The van der Waals surface area contributed by atoms with Gasteiger partial charge in [0.1, 0.15) is 5.78 Å². The molecule has 114 valence electrons. The van der Waals surface area contributed by atoms with Gasteiger partial charge >= 0.3 is 0 Å². The Labute approximate surface area is 120 Å². The largest absolute Gasteiger partial charge is 0.373 e. The number of hydrogen-bond acceptors (Lipinski definition) is 2. The molecule has 0 bridgehead atoms. The van der Waals surface area contributed by atoms with Crippen LogP contribution in [0.4, 0.5) is 0 Å². The van der Waals surface area contributed by atoms with Crippen molar-refractivity contribution in [2.45, 2.75) is 98.2 Å². The number of hydrogen-bond donors (Lipinski definition) is 0. The molecule has 0 amide bonds. The SMILES string of the molecule is CCC(C)C(=O)CCCCCC(C)OC(C)(C)CC. The van der Waals surface area contributed by atoms with Crippen molar-refractivity contribution in [1.82, 2.24) is 0 Å². The zero-order chi connectivity index (χ0) is 14.9. The molecule has 0 aromatic carbocycles. The maximum absolute atomic E-state index is 11.7. The Bertz CT molecular complexity index is 246. The number of carbonyl (C=O) groups excluding carboxylic acids is 1. The summed E-state index contributed by atoms with van der Waals surface area (Å²) >= 11 is 0. The van der Waals surface area contributed by atoms with Gasteiger partial charge < -0.3 is 4.74 Å². The zero-order valence-electron chi connectivity index (χ0n) is 13.9. The minimum absolute atomic E-state index is 0.00800. The Morgan fingerprint density at radius 1 is 1.11 bits per heavy atom. The highest BCUT2D eigenvalue weighted by atomic mass is 16.5. The van der Waals surface area contributed by atoms with Crippen molar-refractivity contribution < 1.29 is 9.53 Å². The fraction of sp³-hybridized carbons (Fsp3) is 0.941. The average Bonchev–Trinajstić information content (AvgIpc) is 2.36. The fourth-order valence-electron chi connectivity index (χ4n) is 2.07. The smallest absolute Gasteiger partial charge is 0.135 e. The van der Waals surface area contributed by atoms with Crippen LogP contribution in [0.2, 0.25) is 0 Å². The molecule has 0 saturated carbocycles. The van der Waals surface area contributed by atoms with Gasteiger partial charge in [-0.15, -0.1) is 0 Å². The highest BCUT2D eigenvalue weighted by molar-refractivity contribution is 5.80. The first-order valence-corrected chi connectivity index (χ1v) is 8.03. The van der Waals surface area contributed by atoms with Gasteiger partial charge in [-0.2, -0.15) is 0 Å². The van der Waals surface area contributed by atoms with Crippen molar-refractivity contribution >= 4 is 5.78 Å². The lowest BCUT2D eigenvalue weighted by Crippen LogP contribution is -2.28. The minimum atomic E-state index is -0.00800. The molecule has 2 nitrogen and oxygen atoms in total. The number of rotatable bonds is 11. The van der Waals surface area contributed by atoms with E-state index in [1.807, 2.05) is 6.92 Å². The molecule has 0 rings (SSSR count). The van der Waals surface area contributed by atoms with E-state index in [9.17, 15) is 4.79 Å². The first-order chi connectivity index (χ1) is 8.82. The van der Waals surface area contributed by atoms with Gasteiger partial charge in [0.2, 0.25) is 0 Å². The second-order valence-corrected chi connectivity index (χ2v) is 6.42. The lowest BCUT2D eigenvalue weighted by molar-refractivity contribution is -0.122. The van der Waals surface area contributed by atoms with E-state index in [0.29, 0.717) is 11.9 Å². The summed E-state index contributed by atoms with van der Waals surface area (Å²) in [5.41, 5.74) is -0.00800. The molecule has 0 saturated heterocycles. The molecular weight excluding hydrogens is 236 g/mol. The summed E-state index contributed by atoms with van der Waals surface area (Å²) in [4.78, 5) is 11.7. The molecule has 0 aliphatic heterocycles. The number of unbranched alkanes of at least 4 members (excludes halogenated alkanes) is 2. The molecule has 0 spiro atoms. The Hall–Kier alpha value is -0.370. The normalized spacial score (nSPS) is 15.3. The Morgan fingerprint density at radius 2 is 1.74 bits per heavy atom. The van der Waals surface area contributed by atoms with Crippen LogP contribution in [0.25, 0.3) is 0 Å². The van der Waals surface area contributed by atoms with Crippen molar-refractivity contribution in [3.05, 3.63) is 0 Å². The standard InChI is InChI=1S/C17H34O2/c1-7-14(3)16(18)13-11-9-10-12-15(4)19-17(5,6)8-2/h14-15H,7-13H2,1-6H3. The van der Waals surface area contributed by atoms with E-state index >= 15 is 0 Å². The Balaban J connectivity index is 3.62. The number of ether oxygens (including phenoxy) is 1. The maximum atomic E-state index is 11.7. The van der Waals surface area contributed by atoms with Crippen molar-refractivity contribution in [3.63, 3.8) is 0 Å². The summed E-state index contributed by atoms with van der Waals surface area (Å²) in [5.74, 6) is 0.673. The summed E-state index contributed by atoms with van der Waals surface area (Å²) in [7, 11) is 0. The molecular formula is C17H34O2. The molecule has 2 unspecified atom stereocenters. The van der Waals surface area contributed by atoms with Gasteiger partial charge in [-0.25, -0.2) is 0 Å². The number of ketones is 1. The molecule has 0 radical (unpaired) electrons. The third-order valence-electron chi connectivity index (χ3n) is 4.07. The summed E-state index contributed by atoms with van der Waals surface area (Å²) < 4.78 is 6.00. The molecule has 0 aromatic rings. The molecule has 0 aromatic heterocycles. The van der Waals surface area contributed by atoms with E-state index in [1.54, 1.807) is 0 Å². The van der Waals surface area contributed by atoms with Crippen LogP contribution in [0.1, 0.15) is 86.5 Å². The van der Waals surface area contributed by atoms with Crippen molar-refractivity contribution in [2.24, 2.45) is 5.92 Å². The van der Waals surface area contributed by atoms with E-state index in [4.69, 9.17) is 4.74 Å². The molecule has 0 aliphatic carbocycles. The third-order valence-corrected chi connectivity index (χ3v) is 4.07. The van der Waals surface area contributed by atoms with Gasteiger partial charge in [0.05, 0.1) is 11.7 Å². The summed E-state index contributed by atoms with van der Waals surface area (Å²) in [6.45, 7) is 12.7. The topological polar surface area (TPSA) is 26.3 Å². The van der Waals surface area contributed by atoms with Crippen LogP contribution in [-0.4, -0.2) is 17.5 Å². The summed E-state index contributed by atoms with van der Waals surface area (Å²) in [6.07, 6.45) is 7.52. The quantitative estimate of drug-likeness (QED) is 0.486. The predicted molar refractivity (Wildman–Crippen MR) is 82.5 cm³/mol. The van der Waals surface area contributed by atoms with Crippen LogP contribution in [0.3, 0.4) is 0 Å². The van der Waals surface area contributed by atoms with Gasteiger partial charge in [0.25, 0.3) is 0 Å². The molecule has 2 heteroatoms. The van der Waals surface area contributed by atoms with Crippen molar-refractivity contribution in [1.29, 1.82) is 0 Å². The van der Waals surface area contributed by atoms with Gasteiger partial charge in [-0.3, -0.25) is 4.79 Å². The molecule has 2 atom stereocenters. The predicted octanol–water partition coefficient (Wildman–Crippen LogP) is 5.15. The highest BCUT2D eigenvalue weighted by Gasteiger charge is 2.18. The first kappa shape index (κ1) is 18.6. The van der Waals surface area contributed by atoms with Crippen LogP contribution < -0.4 is 0 Å². The summed E-state index contributed by atoms with van der Waals surface area (Å²) in [5, 5.41) is 0. The second kappa shape index (κ2) is 9.52. The van der Waals surface area contributed by atoms with Gasteiger partial charge in [0, 0.05) is 12.3 Å². The number of Topliss-reactive ketones (excluding diaryl/α,β-unsaturated/α-hetero) is 1. The van der Waals surface area contributed by atoms with Crippen molar-refractivity contribution in [2.75, 3.05) is 0 Å². The maximum Gasteiger partial charge on any atom is 0.135 e. The lowest BCUT2D eigenvalue weighted by atomic mass is 9.98. The fourth-order valence-corrected chi connectivity index (χ4v) is 2.07. The van der Waals surface area contributed by atoms with Gasteiger partial charge in [0.15, 0.2) is 0 Å². The van der Waals surface area contributed by atoms with Gasteiger partial charge in [-0.1, -0.05) is 33.6 Å². The average molecular weight is 270 g/mol. The first-order valence-electron chi connectivity index (χ1n) is 8.03. The minimum Gasteiger partial charge on any atom is -0.373 e. The Morgan fingerprint density at radius 3 is 2.26 bits per heavy atom. The van der Waals surface area contributed by atoms with E-state index in [0.717, 1.165) is 44.9 Å². The van der Waals surface area contributed by atoms with Crippen LogP contribution in [-0.2, 0) is 9.53 Å². The van der Waals surface area contributed by atoms with Crippen LogP contribution in [0.15, 0.2) is 0 Å². The Kier molecular flexibility index (Phi) is 9.34. The highest BCUT2D eigenvalue weighted by Crippen LogP contribution is 2.19. The van der Waals surface area contributed by atoms with Crippen molar-refractivity contribution in [3.8, 4) is 0 Å². The molecule has 19 heavy (non-hydrogen) atoms. The molecule has 0 heterocycles. The van der Waals surface area contributed by atoms with Crippen LogP contribution in [0, 0.1) is 5.92 Å². The second-order valence-electron chi connectivity index (χ2n) is 6.42. The van der Waals surface area contributed by atoms with E-state index in [1.165, 1.54) is 0 Å². The van der Waals surface area contributed by atoms with E-state index in [2.05, 4.69) is 34.6 Å². The van der Waals surface area contributed by atoms with Gasteiger partial charge in [-0.05, 0) is 46.5 Å². The van der Waals surface area contributed by atoms with E-state index in [-0.39, 0.29) is 11.5 Å². The third kappa shape index (κ3) is 9.21. The summed E-state index contributed by atoms with van der Waals surface area (Å²) in [6, 6.07) is 0. The number of carbonyl (C=O) groups is 1. The van der Waals surface area contributed by atoms with E-state index < -0.39 is 0 Å². The molecule has 0 N–H and O–H groups in total. The van der Waals surface area contributed by atoms with Crippen LogP contribution in [0.5, 0.6) is 0 Å². The van der Waals surface area contributed by atoms with Crippen LogP contribution >= 0.6 is 0 Å². The lowest BCUT2D eigenvalue weighted by Gasteiger charge is -2.28. The molecule has 0 aliphatic rings. The zero-order valence-corrected chi connectivity index (χ0v) is 13.9. The molecule has 0 fully saturated rings.